The molecule has 1 aromatic heterocycles. The molecule has 0 aliphatic heterocycles. The highest BCUT2D eigenvalue weighted by atomic mass is 15.2. The Hall–Kier alpha value is -1.09. The Kier molecular flexibility index (Phi) is 2.79. The molecule has 3 nitrogen and oxygen atoms in total. The van der Waals surface area contributed by atoms with E-state index in [1.807, 2.05) is 0 Å². The SMILES string of the molecule is CN(c1ccc2c(n1)CCC2)C(CN)C1CC1. The van der Waals surface area contributed by atoms with Crippen LogP contribution >= 0.6 is 0 Å². The first-order valence-corrected chi connectivity index (χ1v) is 6.71. The highest BCUT2D eigenvalue weighted by Crippen LogP contribution is 2.36. The molecule has 2 aliphatic carbocycles. The van der Waals surface area contributed by atoms with Gasteiger partial charge in [0.15, 0.2) is 0 Å². The first kappa shape index (κ1) is 11.0. The van der Waals surface area contributed by atoms with Crippen LogP contribution < -0.4 is 10.6 Å². The third-order valence-corrected chi connectivity index (χ3v) is 4.18. The van der Waals surface area contributed by atoms with Crippen molar-refractivity contribution >= 4 is 5.82 Å². The topological polar surface area (TPSA) is 42.2 Å². The van der Waals surface area contributed by atoms with Gasteiger partial charge in [-0.25, -0.2) is 4.98 Å². The molecule has 3 rings (SSSR count). The van der Waals surface area contributed by atoms with Gasteiger partial charge < -0.3 is 10.6 Å². The number of nitrogens with two attached hydrogens (primary N) is 1. The number of fused-ring (bicyclic) bond motifs is 1. The maximum absolute atomic E-state index is 5.90. The molecule has 1 aromatic rings. The van der Waals surface area contributed by atoms with Gasteiger partial charge in [-0.3, -0.25) is 0 Å². The molecule has 1 fully saturated rings. The second-order valence-electron chi connectivity index (χ2n) is 5.38. The quantitative estimate of drug-likeness (QED) is 0.858. The van der Waals surface area contributed by atoms with Gasteiger partial charge in [-0.2, -0.15) is 0 Å². The van der Waals surface area contributed by atoms with Gasteiger partial charge in [0.05, 0.1) is 0 Å². The van der Waals surface area contributed by atoms with E-state index in [0.29, 0.717) is 6.04 Å². The van der Waals surface area contributed by atoms with Gasteiger partial charge >= 0.3 is 0 Å². The maximum atomic E-state index is 5.90. The first-order chi connectivity index (χ1) is 8.29. The minimum absolute atomic E-state index is 0.474. The van der Waals surface area contributed by atoms with Crippen molar-refractivity contribution in [2.24, 2.45) is 11.7 Å². The van der Waals surface area contributed by atoms with E-state index in [2.05, 4.69) is 24.1 Å². The van der Waals surface area contributed by atoms with E-state index in [-0.39, 0.29) is 0 Å². The number of anilines is 1. The van der Waals surface area contributed by atoms with Crippen molar-refractivity contribution in [2.45, 2.75) is 38.1 Å². The van der Waals surface area contributed by atoms with Crippen molar-refractivity contribution in [3.8, 4) is 0 Å². The number of pyridine rings is 1. The van der Waals surface area contributed by atoms with Crippen molar-refractivity contribution in [1.82, 2.24) is 4.98 Å². The van der Waals surface area contributed by atoms with Crippen LogP contribution in [0.4, 0.5) is 5.82 Å². The molecule has 0 saturated heterocycles. The average molecular weight is 231 g/mol. The summed E-state index contributed by atoms with van der Waals surface area (Å²) in [5.41, 5.74) is 8.64. The number of nitrogens with zero attached hydrogens (tertiary/aromatic N) is 2. The van der Waals surface area contributed by atoms with Crippen molar-refractivity contribution in [2.75, 3.05) is 18.5 Å². The lowest BCUT2D eigenvalue weighted by Gasteiger charge is -2.28. The molecule has 2 N–H and O–H groups in total. The second kappa shape index (κ2) is 4.30. The Morgan fingerprint density at radius 3 is 2.94 bits per heavy atom. The molecular formula is C14H21N3. The van der Waals surface area contributed by atoms with E-state index in [1.165, 1.54) is 36.9 Å². The summed E-state index contributed by atoms with van der Waals surface area (Å²) in [6.07, 6.45) is 6.27. The lowest BCUT2D eigenvalue weighted by molar-refractivity contribution is 0.566. The Morgan fingerprint density at radius 2 is 2.24 bits per heavy atom. The summed E-state index contributed by atoms with van der Waals surface area (Å²) in [6.45, 7) is 0.736. The molecule has 0 aromatic carbocycles. The van der Waals surface area contributed by atoms with Crippen LogP contribution in [0.25, 0.3) is 0 Å². The molecular weight excluding hydrogens is 210 g/mol. The van der Waals surface area contributed by atoms with E-state index >= 15 is 0 Å². The molecule has 0 amide bonds. The van der Waals surface area contributed by atoms with Crippen LogP contribution in [0, 0.1) is 5.92 Å². The molecule has 0 bridgehead atoms. The van der Waals surface area contributed by atoms with E-state index in [1.54, 1.807) is 0 Å². The summed E-state index contributed by atoms with van der Waals surface area (Å²) in [6, 6.07) is 4.89. The third-order valence-electron chi connectivity index (χ3n) is 4.18. The smallest absolute Gasteiger partial charge is 0.128 e. The van der Waals surface area contributed by atoms with Crippen LogP contribution in [0.15, 0.2) is 12.1 Å². The summed E-state index contributed by atoms with van der Waals surface area (Å²) < 4.78 is 0. The summed E-state index contributed by atoms with van der Waals surface area (Å²) >= 11 is 0. The van der Waals surface area contributed by atoms with Gasteiger partial charge in [-0.05, 0) is 49.7 Å². The van der Waals surface area contributed by atoms with E-state index < -0.39 is 0 Å². The Bertz CT molecular complexity index is 412. The number of hydrogen-bond donors (Lipinski definition) is 1. The molecule has 1 saturated carbocycles. The predicted molar refractivity (Wildman–Crippen MR) is 70.2 cm³/mol. The molecule has 0 radical (unpaired) electrons. The van der Waals surface area contributed by atoms with E-state index in [0.717, 1.165) is 24.7 Å². The summed E-state index contributed by atoms with van der Waals surface area (Å²) in [4.78, 5) is 7.09. The predicted octanol–water partition coefficient (Wildman–Crippen LogP) is 1.74. The summed E-state index contributed by atoms with van der Waals surface area (Å²) in [5.74, 6) is 1.90. The fourth-order valence-electron chi connectivity index (χ4n) is 2.92. The second-order valence-corrected chi connectivity index (χ2v) is 5.38. The van der Waals surface area contributed by atoms with Crippen LogP contribution in [0.5, 0.6) is 0 Å². The minimum atomic E-state index is 0.474. The van der Waals surface area contributed by atoms with Gasteiger partial charge in [0.25, 0.3) is 0 Å². The molecule has 1 atom stereocenters. The zero-order chi connectivity index (χ0) is 11.8. The van der Waals surface area contributed by atoms with Crippen LogP contribution in [-0.2, 0) is 12.8 Å². The Labute approximate surface area is 103 Å². The number of rotatable bonds is 4. The zero-order valence-corrected chi connectivity index (χ0v) is 10.5. The number of aryl methyl sites for hydroxylation is 2. The Morgan fingerprint density at radius 1 is 1.41 bits per heavy atom. The highest BCUT2D eigenvalue weighted by Gasteiger charge is 2.33. The van der Waals surface area contributed by atoms with E-state index in [9.17, 15) is 0 Å². The van der Waals surface area contributed by atoms with Gasteiger partial charge in [0, 0.05) is 25.3 Å². The first-order valence-electron chi connectivity index (χ1n) is 6.71. The molecule has 3 heteroatoms. The molecule has 0 spiro atoms. The highest BCUT2D eigenvalue weighted by molar-refractivity contribution is 5.44. The Balaban J connectivity index is 1.82. The van der Waals surface area contributed by atoms with Crippen LogP contribution in [0.1, 0.15) is 30.5 Å². The lowest BCUT2D eigenvalue weighted by atomic mass is 10.1. The third kappa shape index (κ3) is 2.04. The van der Waals surface area contributed by atoms with Gasteiger partial charge in [-0.1, -0.05) is 6.07 Å². The van der Waals surface area contributed by atoms with E-state index in [4.69, 9.17) is 10.7 Å². The molecule has 17 heavy (non-hydrogen) atoms. The molecule has 1 heterocycles. The summed E-state index contributed by atoms with van der Waals surface area (Å²) in [5, 5.41) is 0. The van der Waals surface area contributed by atoms with Crippen molar-refractivity contribution < 1.29 is 0 Å². The number of hydrogen-bond acceptors (Lipinski definition) is 3. The van der Waals surface area contributed by atoms with Crippen molar-refractivity contribution in [3.05, 3.63) is 23.4 Å². The lowest BCUT2D eigenvalue weighted by Crippen LogP contribution is -2.40. The van der Waals surface area contributed by atoms with Crippen molar-refractivity contribution in [3.63, 3.8) is 0 Å². The van der Waals surface area contributed by atoms with Crippen molar-refractivity contribution in [1.29, 1.82) is 0 Å². The maximum Gasteiger partial charge on any atom is 0.128 e. The molecule has 1 unspecified atom stereocenters. The van der Waals surface area contributed by atoms with Crippen LogP contribution in [0.3, 0.4) is 0 Å². The fourth-order valence-corrected chi connectivity index (χ4v) is 2.92. The van der Waals surface area contributed by atoms with Gasteiger partial charge in [-0.15, -0.1) is 0 Å². The molecule has 92 valence electrons. The normalized spacial score (nSPS) is 20.1. The largest absolute Gasteiger partial charge is 0.355 e. The summed E-state index contributed by atoms with van der Waals surface area (Å²) in [7, 11) is 2.14. The van der Waals surface area contributed by atoms with Crippen LogP contribution in [0.2, 0.25) is 0 Å². The van der Waals surface area contributed by atoms with Gasteiger partial charge in [0.2, 0.25) is 0 Å². The number of likely N-dealkylation sites (N-methyl/N-ethyl adjacent to an activating group) is 1. The fraction of sp³-hybridized carbons (Fsp3) is 0.643. The monoisotopic (exact) mass is 231 g/mol. The minimum Gasteiger partial charge on any atom is -0.355 e. The average Bonchev–Trinajstić information content (AvgIpc) is 3.07. The zero-order valence-electron chi connectivity index (χ0n) is 10.5. The molecule has 2 aliphatic rings. The van der Waals surface area contributed by atoms with Crippen LogP contribution in [-0.4, -0.2) is 24.6 Å². The van der Waals surface area contributed by atoms with Gasteiger partial charge in [0.1, 0.15) is 5.82 Å². The number of aromatic nitrogens is 1. The standard InChI is InChI=1S/C14H21N3/c1-17(13(9-15)11-5-6-11)14-8-7-10-3-2-4-12(10)16-14/h7-8,11,13H,2-6,9,15H2,1H3.